The molecule has 2 aromatic carbocycles. The van der Waals surface area contributed by atoms with E-state index in [2.05, 4.69) is 48.9 Å². The first-order valence-electron chi connectivity index (χ1n) is 7.15. The molecule has 3 aromatic rings. The Labute approximate surface area is 125 Å². The highest BCUT2D eigenvalue weighted by Crippen LogP contribution is 2.23. The maximum atomic E-state index is 5.90. The number of hydrogen-bond acceptors (Lipinski definition) is 2. The number of fused-ring (bicyclic) bond motifs is 1. The molecule has 3 nitrogen and oxygen atoms in total. The quantitative estimate of drug-likeness (QED) is 0.794. The molecule has 0 saturated carbocycles. The molecule has 0 aliphatic rings. The van der Waals surface area contributed by atoms with Gasteiger partial charge in [-0.1, -0.05) is 30.3 Å². The number of rotatable bonds is 4. The largest absolute Gasteiger partial charge is 0.487 e. The lowest BCUT2D eigenvalue weighted by atomic mass is 10.1. The minimum atomic E-state index is 0.549. The van der Waals surface area contributed by atoms with Gasteiger partial charge in [-0.25, -0.2) is 0 Å². The van der Waals surface area contributed by atoms with Crippen molar-refractivity contribution in [2.75, 3.05) is 0 Å². The van der Waals surface area contributed by atoms with E-state index >= 15 is 0 Å². The zero-order chi connectivity index (χ0) is 14.8. The number of nitrogens with two attached hydrogens (primary N) is 1. The smallest absolute Gasteiger partial charge is 0.128 e. The van der Waals surface area contributed by atoms with E-state index in [1.165, 1.54) is 16.5 Å². The molecule has 3 heteroatoms. The summed E-state index contributed by atoms with van der Waals surface area (Å²) < 4.78 is 8.08. The van der Waals surface area contributed by atoms with Crippen LogP contribution < -0.4 is 10.5 Å². The fraction of sp³-hybridized carbons (Fsp3) is 0.222. The molecule has 0 bridgehead atoms. The van der Waals surface area contributed by atoms with Crippen molar-refractivity contribution < 1.29 is 4.74 Å². The van der Waals surface area contributed by atoms with Crippen LogP contribution >= 0.6 is 0 Å². The van der Waals surface area contributed by atoms with Crippen molar-refractivity contribution in [1.82, 2.24) is 4.57 Å². The van der Waals surface area contributed by atoms with Crippen LogP contribution in [0.25, 0.3) is 10.9 Å². The molecular formula is C18H20N2O. The van der Waals surface area contributed by atoms with Crippen LogP contribution in [0.2, 0.25) is 0 Å². The normalized spacial score (nSPS) is 11.0. The number of hydrogen-bond donors (Lipinski definition) is 1. The lowest BCUT2D eigenvalue weighted by Gasteiger charge is -2.09. The van der Waals surface area contributed by atoms with Crippen LogP contribution in [-0.4, -0.2) is 4.57 Å². The molecule has 1 heterocycles. The molecule has 2 N–H and O–H groups in total. The molecule has 0 spiro atoms. The average molecular weight is 280 g/mol. The second-order valence-electron chi connectivity index (χ2n) is 5.36. The van der Waals surface area contributed by atoms with Gasteiger partial charge in [-0.2, -0.15) is 0 Å². The highest BCUT2D eigenvalue weighted by atomic mass is 16.5. The van der Waals surface area contributed by atoms with Gasteiger partial charge in [0.25, 0.3) is 0 Å². The molecule has 108 valence electrons. The number of nitrogens with zero attached hydrogens (tertiary/aromatic N) is 1. The van der Waals surface area contributed by atoms with Crippen molar-refractivity contribution in [3.05, 3.63) is 65.4 Å². The van der Waals surface area contributed by atoms with E-state index in [9.17, 15) is 0 Å². The summed E-state index contributed by atoms with van der Waals surface area (Å²) in [6.45, 7) is 3.17. The van der Waals surface area contributed by atoms with Gasteiger partial charge in [-0.05, 0) is 36.2 Å². The van der Waals surface area contributed by atoms with Crippen LogP contribution in [0.5, 0.6) is 5.75 Å². The Kier molecular flexibility index (Phi) is 3.67. The molecule has 0 aliphatic heterocycles. The predicted octanol–water partition coefficient (Wildman–Crippen LogP) is 3.52. The van der Waals surface area contributed by atoms with Crippen LogP contribution in [0.4, 0.5) is 0 Å². The van der Waals surface area contributed by atoms with Gasteiger partial charge >= 0.3 is 0 Å². The highest BCUT2D eigenvalue weighted by Gasteiger charge is 2.09. The van der Waals surface area contributed by atoms with Gasteiger partial charge in [0.1, 0.15) is 12.4 Å². The summed E-state index contributed by atoms with van der Waals surface area (Å²) in [5.74, 6) is 0.902. The number of aromatic nitrogens is 1. The zero-order valence-electron chi connectivity index (χ0n) is 12.5. The zero-order valence-corrected chi connectivity index (χ0v) is 12.5. The molecule has 0 fully saturated rings. The lowest BCUT2D eigenvalue weighted by molar-refractivity contribution is 0.297. The van der Waals surface area contributed by atoms with Crippen molar-refractivity contribution in [1.29, 1.82) is 0 Å². The Morgan fingerprint density at radius 1 is 1.10 bits per heavy atom. The van der Waals surface area contributed by atoms with Crippen LogP contribution in [0.15, 0.2) is 48.5 Å². The third-order valence-electron chi connectivity index (χ3n) is 3.84. The van der Waals surface area contributed by atoms with Crippen molar-refractivity contribution in [2.24, 2.45) is 12.8 Å². The molecule has 1 aromatic heterocycles. The first-order chi connectivity index (χ1) is 10.2. The number of para-hydroxylation sites is 1. The summed E-state index contributed by atoms with van der Waals surface area (Å²) in [4.78, 5) is 0. The Bertz CT molecular complexity index is 774. The fourth-order valence-electron chi connectivity index (χ4n) is 2.72. The fourth-order valence-corrected chi connectivity index (χ4v) is 2.72. The van der Waals surface area contributed by atoms with Gasteiger partial charge in [0.2, 0.25) is 0 Å². The summed E-state index contributed by atoms with van der Waals surface area (Å²) >= 11 is 0. The molecular weight excluding hydrogens is 260 g/mol. The molecule has 0 atom stereocenters. The van der Waals surface area contributed by atoms with Crippen LogP contribution in [0, 0.1) is 6.92 Å². The number of ether oxygens (including phenoxy) is 1. The average Bonchev–Trinajstić information content (AvgIpc) is 2.82. The molecule has 0 amide bonds. The van der Waals surface area contributed by atoms with E-state index in [0.717, 1.165) is 17.0 Å². The molecule has 0 unspecified atom stereocenters. The monoisotopic (exact) mass is 280 g/mol. The minimum absolute atomic E-state index is 0.549. The molecule has 0 radical (unpaired) electrons. The topological polar surface area (TPSA) is 40.2 Å². The summed E-state index contributed by atoms with van der Waals surface area (Å²) in [6, 6.07) is 16.5. The van der Waals surface area contributed by atoms with Gasteiger partial charge in [-0.15, -0.1) is 0 Å². The van der Waals surface area contributed by atoms with Crippen molar-refractivity contribution in [3.8, 4) is 5.75 Å². The van der Waals surface area contributed by atoms with E-state index in [1.807, 2.05) is 18.2 Å². The van der Waals surface area contributed by atoms with Crippen LogP contribution in [0.3, 0.4) is 0 Å². The van der Waals surface area contributed by atoms with Crippen molar-refractivity contribution >= 4 is 10.9 Å². The third kappa shape index (κ3) is 2.65. The van der Waals surface area contributed by atoms with E-state index < -0.39 is 0 Å². The Balaban J connectivity index is 1.89. The predicted molar refractivity (Wildman–Crippen MR) is 86.3 cm³/mol. The summed E-state index contributed by atoms with van der Waals surface area (Å²) in [6.07, 6.45) is 0. The van der Waals surface area contributed by atoms with Gasteiger partial charge < -0.3 is 15.0 Å². The second-order valence-corrected chi connectivity index (χ2v) is 5.36. The standard InChI is InChI=1S/C18H20N2O/c1-13-5-3-8-17(9-13)21-12-16-10-14-6-4-7-15(11-19)18(14)20(16)2/h3-10H,11-12,19H2,1-2H3. The molecule has 3 rings (SSSR count). The SMILES string of the molecule is Cc1cccc(OCc2cc3cccc(CN)c3n2C)c1. The van der Waals surface area contributed by atoms with Crippen molar-refractivity contribution in [3.63, 3.8) is 0 Å². The van der Waals surface area contributed by atoms with Gasteiger partial charge in [0.05, 0.1) is 11.2 Å². The highest BCUT2D eigenvalue weighted by molar-refractivity contribution is 5.84. The first-order valence-corrected chi connectivity index (χ1v) is 7.15. The van der Waals surface area contributed by atoms with Crippen LogP contribution in [-0.2, 0) is 20.2 Å². The minimum Gasteiger partial charge on any atom is -0.487 e. The Morgan fingerprint density at radius 3 is 2.67 bits per heavy atom. The Hall–Kier alpha value is -2.26. The second kappa shape index (κ2) is 5.62. The van der Waals surface area contributed by atoms with E-state index in [4.69, 9.17) is 10.5 Å². The van der Waals surface area contributed by atoms with Gasteiger partial charge in [0.15, 0.2) is 0 Å². The first kappa shape index (κ1) is 13.7. The molecule has 21 heavy (non-hydrogen) atoms. The van der Waals surface area contributed by atoms with Crippen LogP contribution in [0.1, 0.15) is 16.8 Å². The summed E-state index contributed by atoms with van der Waals surface area (Å²) in [5.41, 5.74) is 10.5. The molecule has 0 saturated heterocycles. The summed E-state index contributed by atoms with van der Waals surface area (Å²) in [5, 5.41) is 1.21. The Morgan fingerprint density at radius 2 is 1.90 bits per heavy atom. The lowest BCUT2D eigenvalue weighted by Crippen LogP contribution is -2.04. The third-order valence-corrected chi connectivity index (χ3v) is 3.84. The van der Waals surface area contributed by atoms with Crippen molar-refractivity contribution in [2.45, 2.75) is 20.1 Å². The van der Waals surface area contributed by atoms with E-state index in [0.29, 0.717) is 13.2 Å². The maximum absolute atomic E-state index is 5.90. The number of aryl methyl sites for hydroxylation is 2. The maximum Gasteiger partial charge on any atom is 0.128 e. The molecule has 0 aliphatic carbocycles. The summed E-state index contributed by atoms with van der Waals surface area (Å²) in [7, 11) is 2.07. The van der Waals surface area contributed by atoms with E-state index in [1.54, 1.807) is 0 Å². The van der Waals surface area contributed by atoms with Gasteiger partial charge in [-0.3, -0.25) is 0 Å². The van der Waals surface area contributed by atoms with Gasteiger partial charge in [0, 0.05) is 19.0 Å². The van der Waals surface area contributed by atoms with E-state index in [-0.39, 0.29) is 0 Å². The number of benzene rings is 2.